The molecule has 0 aliphatic heterocycles. The van der Waals surface area contributed by atoms with E-state index in [1.54, 1.807) is 0 Å². The molecule has 4 nitrogen and oxygen atoms in total. The monoisotopic (exact) mass is 807 g/mol. The molecule has 9 aromatic rings. The lowest BCUT2D eigenvalue weighted by Gasteiger charge is -2.39. The topological polar surface area (TPSA) is 55.7 Å². The van der Waals surface area contributed by atoms with Gasteiger partial charge in [-0.15, -0.1) is 0 Å². The second-order valence-corrected chi connectivity index (χ2v) is 20.7. The molecule has 2 bridgehead atoms. The smallest absolute Gasteiger partial charge is 0.164 e. The summed E-state index contributed by atoms with van der Waals surface area (Å²) in [4.78, 5) is 15.0. The molecule has 8 aromatic carbocycles. The van der Waals surface area contributed by atoms with Gasteiger partial charge in [0, 0.05) is 27.4 Å². The molecule has 2 aliphatic rings. The summed E-state index contributed by atoms with van der Waals surface area (Å²) in [5.74, 6) is 3.37. The third-order valence-electron chi connectivity index (χ3n) is 13.6. The Balaban J connectivity index is 0.993. The number of rotatable bonds is 8. The minimum absolute atomic E-state index is 0.0510. The molecular formula is C56H46N3OP. The highest BCUT2D eigenvalue weighted by atomic mass is 31.2. The summed E-state index contributed by atoms with van der Waals surface area (Å²) in [6.07, 6.45) is 5.03. The first-order valence-electron chi connectivity index (χ1n) is 21.5. The van der Waals surface area contributed by atoms with Gasteiger partial charge in [0.25, 0.3) is 0 Å². The van der Waals surface area contributed by atoms with Crippen LogP contribution in [0.4, 0.5) is 0 Å². The van der Waals surface area contributed by atoms with Crippen molar-refractivity contribution in [1.82, 2.24) is 15.0 Å². The van der Waals surface area contributed by atoms with Gasteiger partial charge in [0.2, 0.25) is 0 Å². The number of hydrogen-bond acceptors (Lipinski definition) is 4. The number of aromatic nitrogens is 3. The number of nitrogens with zero attached hydrogens (tertiary/aromatic N) is 3. The van der Waals surface area contributed by atoms with Crippen molar-refractivity contribution in [2.75, 3.05) is 13.3 Å². The fourth-order valence-electron chi connectivity index (χ4n) is 10.7. The van der Waals surface area contributed by atoms with E-state index in [2.05, 4.69) is 133 Å². The zero-order valence-electron chi connectivity index (χ0n) is 34.5. The molecule has 1 aromatic heterocycles. The van der Waals surface area contributed by atoms with Gasteiger partial charge in [-0.1, -0.05) is 188 Å². The van der Waals surface area contributed by atoms with Crippen molar-refractivity contribution in [3.8, 4) is 56.4 Å². The van der Waals surface area contributed by atoms with Crippen molar-refractivity contribution in [3.63, 3.8) is 0 Å². The lowest BCUT2D eigenvalue weighted by Crippen LogP contribution is -2.34. The molecule has 61 heavy (non-hydrogen) atoms. The number of hydrogen-bond donors (Lipinski definition) is 0. The highest BCUT2D eigenvalue weighted by Crippen LogP contribution is 2.60. The van der Waals surface area contributed by atoms with E-state index in [9.17, 15) is 4.57 Å². The molecule has 0 saturated heterocycles. The fourth-order valence-corrected chi connectivity index (χ4v) is 11.6. The molecule has 2 saturated carbocycles. The van der Waals surface area contributed by atoms with Crippen LogP contribution in [0.25, 0.3) is 78.0 Å². The van der Waals surface area contributed by atoms with E-state index in [1.807, 2.05) is 61.9 Å². The molecule has 0 N–H and O–H groups in total. The highest BCUT2D eigenvalue weighted by molar-refractivity contribution is 7.70. The van der Waals surface area contributed by atoms with Gasteiger partial charge in [-0.25, -0.2) is 15.0 Å². The summed E-state index contributed by atoms with van der Waals surface area (Å²) >= 11 is 0. The van der Waals surface area contributed by atoms with Crippen LogP contribution in [0, 0.1) is 11.8 Å². The van der Waals surface area contributed by atoms with Crippen LogP contribution < -0.4 is 5.30 Å². The standard InChI is InChI=1S/C56H46N3OP/c1-61(2,60)46-33-26-39(27-34-46)52-49-19-11-9-17-47(49)51(48-18-10-12-20-50(48)52)38-22-29-43(30-23-38)56(36-37-21-28-45(56)35-37)44-31-24-42(25-32-44)55-58-53(40-13-5-3-6-14-40)57-54(59-55)41-15-7-4-8-16-41/h3-20,22-27,29-34,37,45H,21,28,35-36H2,1-2H3. The van der Waals surface area contributed by atoms with E-state index in [1.165, 1.54) is 75.0 Å². The van der Waals surface area contributed by atoms with Gasteiger partial charge in [-0.2, -0.15) is 0 Å². The van der Waals surface area contributed by atoms with E-state index in [4.69, 9.17) is 15.0 Å². The third-order valence-corrected chi connectivity index (χ3v) is 15.1. The molecule has 3 unspecified atom stereocenters. The average Bonchev–Trinajstić information content (AvgIpc) is 3.94. The first-order valence-corrected chi connectivity index (χ1v) is 24.1. The minimum atomic E-state index is -2.36. The van der Waals surface area contributed by atoms with Crippen molar-refractivity contribution >= 4 is 34.0 Å². The van der Waals surface area contributed by atoms with Crippen LogP contribution >= 0.6 is 7.14 Å². The normalized spacial score (nSPS) is 18.5. The van der Waals surface area contributed by atoms with Crippen LogP contribution in [0.5, 0.6) is 0 Å². The van der Waals surface area contributed by atoms with E-state index in [-0.39, 0.29) is 5.41 Å². The van der Waals surface area contributed by atoms with E-state index < -0.39 is 7.14 Å². The van der Waals surface area contributed by atoms with E-state index >= 15 is 0 Å². The Morgan fingerprint density at radius 1 is 0.443 bits per heavy atom. The predicted molar refractivity (Wildman–Crippen MR) is 254 cm³/mol. The van der Waals surface area contributed by atoms with Crippen molar-refractivity contribution in [3.05, 3.63) is 193 Å². The van der Waals surface area contributed by atoms with Gasteiger partial charge in [0.1, 0.15) is 7.14 Å². The summed E-state index contributed by atoms with van der Waals surface area (Å²) < 4.78 is 12.9. The predicted octanol–water partition coefficient (Wildman–Crippen LogP) is 13.9. The Morgan fingerprint density at radius 2 is 0.820 bits per heavy atom. The molecule has 5 heteroatoms. The maximum absolute atomic E-state index is 12.9. The van der Waals surface area contributed by atoms with E-state index in [0.29, 0.717) is 23.4 Å². The van der Waals surface area contributed by atoms with Crippen LogP contribution in [0.15, 0.2) is 182 Å². The average molecular weight is 808 g/mol. The largest absolute Gasteiger partial charge is 0.319 e. The van der Waals surface area contributed by atoms with Crippen molar-refractivity contribution < 1.29 is 4.57 Å². The second kappa shape index (κ2) is 14.9. The molecule has 3 atom stereocenters. The van der Waals surface area contributed by atoms with Crippen LogP contribution in [0.2, 0.25) is 0 Å². The van der Waals surface area contributed by atoms with Crippen LogP contribution in [-0.4, -0.2) is 28.3 Å². The quantitative estimate of drug-likeness (QED) is 0.113. The molecule has 0 spiro atoms. The molecule has 2 aliphatic carbocycles. The van der Waals surface area contributed by atoms with Gasteiger partial charge in [0.05, 0.1) is 0 Å². The summed E-state index contributed by atoms with van der Waals surface area (Å²) in [6, 6.07) is 65.2. The van der Waals surface area contributed by atoms with Crippen molar-refractivity contribution in [2.24, 2.45) is 11.8 Å². The Hall–Kier alpha value is -6.48. The Morgan fingerprint density at radius 3 is 1.20 bits per heavy atom. The van der Waals surface area contributed by atoms with Crippen molar-refractivity contribution in [1.29, 1.82) is 0 Å². The summed E-state index contributed by atoms with van der Waals surface area (Å²) in [5, 5.41) is 5.82. The summed E-state index contributed by atoms with van der Waals surface area (Å²) in [7, 11) is -2.36. The molecule has 0 radical (unpaired) electrons. The Kier molecular flexibility index (Phi) is 9.17. The molecule has 296 valence electrons. The lowest BCUT2D eigenvalue weighted by molar-refractivity contribution is 0.320. The summed E-state index contributed by atoms with van der Waals surface area (Å²) in [5.41, 5.74) is 10.5. The lowest BCUT2D eigenvalue weighted by atomic mass is 9.64. The second-order valence-electron chi connectivity index (χ2n) is 17.5. The van der Waals surface area contributed by atoms with Gasteiger partial charge in [0.15, 0.2) is 17.5 Å². The Bertz CT molecular complexity index is 3010. The number of benzene rings is 8. The van der Waals surface area contributed by atoms with Gasteiger partial charge >= 0.3 is 0 Å². The fraction of sp³-hybridized carbons (Fsp3) is 0.161. The maximum Gasteiger partial charge on any atom is 0.164 e. The molecule has 11 rings (SSSR count). The zero-order chi connectivity index (χ0) is 41.1. The SMILES string of the molecule is CP(C)(=O)c1ccc(-c2c3ccccc3c(-c3ccc(C4(c5ccc(-c6nc(-c7ccccc7)nc(-c7ccccc7)n6)cc5)CC5CCC4C5)cc3)c3ccccc23)cc1. The van der Waals surface area contributed by atoms with Gasteiger partial charge in [-0.3, -0.25) is 0 Å². The molecule has 2 fully saturated rings. The maximum atomic E-state index is 12.9. The van der Waals surface area contributed by atoms with Crippen molar-refractivity contribution in [2.45, 2.75) is 31.1 Å². The van der Waals surface area contributed by atoms with Crippen LogP contribution in [0.3, 0.4) is 0 Å². The van der Waals surface area contributed by atoms with Crippen LogP contribution in [-0.2, 0) is 9.98 Å². The molecule has 0 amide bonds. The first-order chi connectivity index (χ1) is 29.8. The molecular weight excluding hydrogens is 762 g/mol. The summed E-state index contributed by atoms with van der Waals surface area (Å²) in [6.45, 7) is 3.67. The van der Waals surface area contributed by atoms with Gasteiger partial charge < -0.3 is 4.57 Å². The number of fused-ring (bicyclic) bond motifs is 4. The third kappa shape index (κ3) is 6.53. The minimum Gasteiger partial charge on any atom is -0.319 e. The Labute approximate surface area is 357 Å². The van der Waals surface area contributed by atoms with E-state index in [0.717, 1.165) is 33.5 Å². The zero-order valence-corrected chi connectivity index (χ0v) is 35.4. The van der Waals surface area contributed by atoms with Crippen LogP contribution in [0.1, 0.15) is 36.8 Å². The molecule has 1 heterocycles. The van der Waals surface area contributed by atoms with Gasteiger partial charge in [-0.05, 0) is 99.4 Å². The highest BCUT2D eigenvalue weighted by Gasteiger charge is 2.52. The first kappa shape index (κ1) is 37.5.